The molecule has 0 radical (unpaired) electrons. The molecular formula is C16H26ClN3O. The van der Waals surface area contributed by atoms with Gasteiger partial charge in [0.1, 0.15) is 5.02 Å². The minimum absolute atomic E-state index is 0.218. The molecule has 0 bridgehead atoms. The van der Waals surface area contributed by atoms with Crippen LogP contribution in [0.15, 0.2) is 11.0 Å². The summed E-state index contributed by atoms with van der Waals surface area (Å²) in [6, 6.07) is 0. The Labute approximate surface area is 131 Å². The summed E-state index contributed by atoms with van der Waals surface area (Å²) in [5.74, 6) is 0.928. The van der Waals surface area contributed by atoms with E-state index >= 15 is 0 Å². The van der Waals surface area contributed by atoms with Crippen molar-refractivity contribution in [2.24, 2.45) is 22.7 Å². The fourth-order valence-electron chi connectivity index (χ4n) is 3.12. The Morgan fingerprint density at radius 3 is 2.38 bits per heavy atom. The summed E-state index contributed by atoms with van der Waals surface area (Å²) in [6.45, 7) is 14.6. The van der Waals surface area contributed by atoms with E-state index in [1.165, 1.54) is 4.68 Å². The number of nitrogens with one attached hydrogen (secondary N) is 1. The van der Waals surface area contributed by atoms with Gasteiger partial charge in [-0.3, -0.25) is 4.79 Å². The van der Waals surface area contributed by atoms with E-state index in [0.717, 1.165) is 6.54 Å². The molecule has 4 nitrogen and oxygen atoms in total. The van der Waals surface area contributed by atoms with Crippen molar-refractivity contribution in [3.8, 4) is 0 Å². The number of nitrogens with zero attached hydrogens (tertiary/aromatic N) is 2. The zero-order valence-electron chi connectivity index (χ0n) is 13.8. The van der Waals surface area contributed by atoms with Crippen LogP contribution in [0.5, 0.6) is 0 Å². The standard InChI is InChI=1S/C16H26ClN3O/c1-10(2)9-20-14(21)13(17)11(7-19-20)18-8-12-15(3,4)16(12,5)6/h7,10,12,18H,8-9H2,1-6H3. The second-order valence-corrected chi connectivity index (χ2v) is 8.01. The summed E-state index contributed by atoms with van der Waals surface area (Å²) in [5, 5.41) is 7.75. The van der Waals surface area contributed by atoms with Crippen LogP contribution < -0.4 is 10.9 Å². The molecule has 1 aliphatic carbocycles. The average Bonchev–Trinajstić information content (AvgIpc) is 2.75. The molecule has 5 heteroatoms. The molecule has 1 fully saturated rings. The number of halogens is 1. The van der Waals surface area contributed by atoms with E-state index in [4.69, 9.17) is 11.6 Å². The van der Waals surface area contributed by atoms with E-state index < -0.39 is 0 Å². The molecule has 1 saturated carbocycles. The highest BCUT2D eigenvalue weighted by atomic mass is 35.5. The van der Waals surface area contributed by atoms with E-state index in [2.05, 4.69) is 38.1 Å². The molecule has 0 spiro atoms. The summed E-state index contributed by atoms with van der Waals surface area (Å²) in [7, 11) is 0. The van der Waals surface area contributed by atoms with Crippen molar-refractivity contribution in [3.05, 3.63) is 21.6 Å². The second-order valence-electron chi connectivity index (χ2n) is 7.63. The quantitative estimate of drug-likeness (QED) is 0.903. The van der Waals surface area contributed by atoms with Crippen LogP contribution in [0.3, 0.4) is 0 Å². The molecule has 2 rings (SSSR count). The van der Waals surface area contributed by atoms with E-state index in [-0.39, 0.29) is 10.6 Å². The fourth-order valence-corrected chi connectivity index (χ4v) is 3.33. The number of hydrogen-bond acceptors (Lipinski definition) is 3. The van der Waals surface area contributed by atoms with Gasteiger partial charge in [0.05, 0.1) is 11.9 Å². The summed E-state index contributed by atoms with van der Waals surface area (Å²) < 4.78 is 1.43. The lowest BCUT2D eigenvalue weighted by molar-refractivity contribution is 0.457. The largest absolute Gasteiger partial charge is 0.382 e. The smallest absolute Gasteiger partial charge is 0.287 e. The maximum Gasteiger partial charge on any atom is 0.287 e. The molecule has 0 amide bonds. The molecular weight excluding hydrogens is 286 g/mol. The molecule has 0 saturated heterocycles. The highest BCUT2D eigenvalue weighted by molar-refractivity contribution is 6.32. The maximum atomic E-state index is 12.2. The first kappa shape index (κ1) is 16.3. The van der Waals surface area contributed by atoms with Crippen LogP contribution in [-0.4, -0.2) is 16.3 Å². The van der Waals surface area contributed by atoms with Crippen LogP contribution in [0.2, 0.25) is 5.02 Å². The summed E-state index contributed by atoms with van der Waals surface area (Å²) in [6.07, 6.45) is 1.66. The van der Waals surface area contributed by atoms with E-state index in [1.54, 1.807) is 6.20 Å². The van der Waals surface area contributed by atoms with Crippen molar-refractivity contribution < 1.29 is 0 Å². The second kappa shape index (κ2) is 5.31. The molecule has 1 aromatic rings. The lowest BCUT2D eigenvalue weighted by Gasteiger charge is -2.12. The van der Waals surface area contributed by atoms with Gasteiger partial charge in [-0.2, -0.15) is 5.10 Å². The third kappa shape index (κ3) is 2.83. The molecule has 118 valence electrons. The minimum atomic E-state index is -0.218. The van der Waals surface area contributed by atoms with Gasteiger partial charge in [0, 0.05) is 13.1 Å². The van der Waals surface area contributed by atoms with Gasteiger partial charge in [0.15, 0.2) is 0 Å². The van der Waals surface area contributed by atoms with Gasteiger partial charge in [0.2, 0.25) is 0 Å². The van der Waals surface area contributed by atoms with Crippen molar-refractivity contribution in [2.45, 2.75) is 48.1 Å². The Morgan fingerprint density at radius 2 is 1.90 bits per heavy atom. The van der Waals surface area contributed by atoms with Crippen LogP contribution >= 0.6 is 11.6 Å². The molecule has 21 heavy (non-hydrogen) atoms. The zero-order valence-corrected chi connectivity index (χ0v) is 14.6. The normalized spacial score (nSPS) is 19.8. The molecule has 1 N–H and O–H groups in total. The molecule has 0 aliphatic heterocycles. The van der Waals surface area contributed by atoms with Crippen LogP contribution in [0.25, 0.3) is 0 Å². The zero-order chi connectivity index (χ0) is 16.0. The predicted molar refractivity (Wildman–Crippen MR) is 87.9 cm³/mol. The molecule has 0 aromatic carbocycles. The Hall–Kier alpha value is -1.03. The van der Waals surface area contributed by atoms with E-state index in [9.17, 15) is 4.79 Å². The third-order valence-corrected chi connectivity index (χ3v) is 5.70. The number of aromatic nitrogens is 2. The Morgan fingerprint density at radius 1 is 1.33 bits per heavy atom. The van der Waals surface area contributed by atoms with Gasteiger partial charge in [-0.1, -0.05) is 53.1 Å². The van der Waals surface area contributed by atoms with Crippen molar-refractivity contribution >= 4 is 17.3 Å². The number of hydrogen-bond donors (Lipinski definition) is 1. The summed E-state index contributed by atoms with van der Waals surface area (Å²) in [5.41, 5.74) is 1.05. The summed E-state index contributed by atoms with van der Waals surface area (Å²) in [4.78, 5) is 12.2. The van der Waals surface area contributed by atoms with Gasteiger partial charge in [0.25, 0.3) is 5.56 Å². The van der Waals surface area contributed by atoms with Gasteiger partial charge in [-0.05, 0) is 22.7 Å². The SMILES string of the molecule is CC(C)Cn1ncc(NCC2C(C)(C)C2(C)C)c(Cl)c1=O. The highest BCUT2D eigenvalue weighted by Crippen LogP contribution is 2.68. The monoisotopic (exact) mass is 311 g/mol. The van der Waals surface area contributed by atoms with Gasteiger partial charge in [-0.15, -0.1) is 0 Å². The third-order valence-electron chi connectivity index (χ3n) is 5.34. The molecule has 1 heterocycles. The first-order chi connectivity index (χ1) is 9.59. The van der Waals surface area contributed by atoms with Crippen molar-refractivity contribution in [1.82, 2.24) is 9.78 Å². The molecule has 1 aromatic heterocycles. The Balaban J connectivity index is 2.09. The Bertz CT molecular complexity index is 576. The Kier molecular flexibility index (Phi) is 4.13. The van der Waals surface area contributed by atoms with Gasteiger partial charge in [-0.25, -0.2) is 4.68 Å². The topological polar surface area (TPSA) is 46.9 Å². The number of rotatable bonds is 5. The van der Waals surface area contributed by atoms with E-state index in [1.807, 2.05) is 13.8 Å². The summed E-state index contributed by atoms with van der Waals surface area (Å²) >= 11 is 6.19. The predicted octanol–water partition coefficient (Wildman–Crippen LogP) is 3.65. The minimum Gasteiger partial charge on any atom is -0.382 e. The lowest BCUT2D eigenvalue weighted by atomic mass is 10.0. The molecule has 0 atom stereocenters. The van der Waals surface area contributed by atoms with Crippen molar-refractivity contribution in [1.29, 1.82) is 0 Å². The fraction of sp³-hybridized carbons (Fsp3) is 0.750. The first-order valence-corrected chi connectivity index (χ1v) is 7.96. The van der Waals surface area contributed by atoms with Crippen molar-refractivity contribution in [3.63, 3.8) is 0 Å². The van der Waals surface area contributed by atoms with E-state index in [0.29, 0.717) is 34.9 Å². The van der Waals surface area contributed by atoms with Crippen LogP contribution in [0, 0.1) is 22.7 Å². The molecule has 1 aliphatic rings. The van der Waals surface area contributed by atoms with Gasteiger partial charge < -0.3 is 5.32 Å². The molecule has 0 unspecified atom stereocenters. The van der Waals surface area contributed by atoms with Gasteiger partial charge >= 0.3 is 0 Å². The first-order valence-electron chi connectivity index (χ1n) is 7.58. The number of anilines is 1. The average molecular weight is 312 g/mol. The maximum absolute atomic E-state index is 12.2. The van der Waals surface area contributed by atoms with Crippen LogP contribution in [0.4, 0.5) is 5.69 Å². The lowest BCUT2D eigenvalue weighted by Crippen LogP contribution is -2.26. The highest BCUT2D eigenvalue weighted by Gasteiger charge is 2.64. The van der Waals surface area contributed by atoms with Crippen LogP contribution in [0.1, 0.15) is 41.5 Å². The van der Waals surface area contributed by atoms with Crippen molar-refractivity contribution in [2.75, 3.05) is 11.9 Å². The van der Waals surface area contributed by atoms with Crippen LogP contribution in [-0.2, 0) is 6.54 Å².